The second-order valence-corrected chi connectivity index (χ2v) is 9.07. The molecule has 3 aromatic carbocycles. The number of carbonyl (C=O) groups is 1. The SMILES string of the molecule is CCOc1ccc2c(c1)OC(C)(C)C[C@@]21C(=O)N(Cc2ccc(F)cc2)c2ccccc21. The van der Waals surface area contributed by atoms with Crippen molar-refractivity contribution in [2.45, 2.75) is 44.8 Å². The second-order valence-electron chi connectivity index (χ2n) is 9.07. The summed E-state index contributed by atoms with van der Waals surface area (Å²) in [6.45, 7) is 6.91. The zero-order valence-corrected chi connectivity index (χ0v) is 18.5. The van der Waals surface area contributed by atoms with Gasteiger partial charge in [0, 0.05) is 23.7 Å². The topological polar surface area (TPSA) is 38.8 Å². The fourth-order valence-corrected chi connectivity index (χ4v) is 5.15. The molecule has 0 saturated heterocycles. The van der Waals surface area contributed by atoms with E-state index in [0.29, 0.717) is 25.3 Å². The van der Waals surface area contributed by atoms with Gasteiger partial charge in [-0.3, -0.25) is 4.79 Å². The van der Waals surface area contributed by atoms with Gasteiger partial charge in [0.25, 0.3) is 0 Å². The number of rotatable bonds is 4. The lowest BCUT2D eigenvalue weighted by atomic mass is 9.67. The third-order valence-electron chi connectivity index (χ3n) is 6.32. The minimum absolute atomic E-state index is 0.0183. The Morgan fingerprint density at radius 2 is 1.78 bits per heavy atom. The predicted molar refractivity (Wildman–Crippen MR) is 122 cm³/mol. The summed E-state index contributed by atoms with van der Waals surface area (Å²) in [5, 5.41) is 0. The Bertz CT molecular complexity index is 1190. The number of anilines is 1. The fourth-order valence-electron chi connectivity index (χ4n) is 5.15. The molecule has 5 rings (SSSR count). The van der Waals surface area contributed by atoms with E-state index in [0.717, 1.165) is 28.1 Å². The van der Waals surface area contributed by atoms with Crippen molar-refractivity contribution in [2.24, 2.45) is 0 Å². The summed E-state index contributed by atoms with van der Waals surface area (Å²) in [4.78, 5) is 16.1. The summed E-state index contributed by atoms with van der Waals surface area (Å²) in [6, 6.07) is 20.0. The summed E-state index contributed by atoms with van der Waals surface area (Å²) >= 11 is 0. The number of hydrogen-bond donors (Lipinski definition) is 0. The number of halogens is 1. The van der Waals surface area contributed by atoms with Crippen molar-refractivity contribution in [3.05, 3.63) is 89.2 Å². The highest BCUT2D eigenvalue weighted by molar-refractivity contribution is 6.11. The van der Waals surface area contributed by atoms with Crippen LogP contribution in [0.4, 0.5) is 10.1 Å². The number of amides is 1. The van der Waals surface area contributed by atoms with E-state index in [1.165, 1.54) is 12.1 Å². The summed E-state index contributed by atoms with van der Waals surface area (Å²) in [6.07, 6.45) is 0.525. The highest BCUT2D eigenvalue weighted by Gasteiger charge is 2.58. The van der Waals surface area contributed by atoms with Gasteiger partial charge in [-0.15, -0.1) is 0 Å². The van der Waals surface area contributed by atoms with Gasteiger partial charge in [0.1, 0.15) is 28.3 Å². The molecule has 4 nitrogen and oxygen atoms in total. The van der Waals surface area contributed by atoms with Crippen LogP contribution in [0.15, 0.2) is 66.7 Å². The summed E-state index contributed by atoms with van der Waals surface area (Å²) < 4.78 is 25.5. The Morgan fingerprint density at radius 1 is 1.03 bits per heavy atom. The number of carbonyl (C=O) groups excluding carboxylic acids is 1. The van der Waals surface area contributed by atoms with Gasteiger partial charge in [-0.05, 0) is 56.2 Å². The van der Waals surface area contributed by atoms with Crippen molar-refractivity contribution in [3.8, 4) is 11.5 Å². The second kappa shape index (κ2) is 7.37. The molecule has 2 heterocycles. The van der Waals surface area contributed by atoms with Gasteiger partial charge in [-0.2, -0.15) is 0 Å². The van der Waals surface area contributed by atoms with Gasteiger partial charge in [-0.1, -0.05) is 36.4 Å². The van der Waals surface area contributed by atoms with Crippen LogP contribution in [0.5, 0.6) is 11.5 Å². The van der Waals surface area contributed by atoms with Crippen LogP contribution in [0, 0.1) is 5.82 Å². The van der Waals surface area contributed by atoms with E-state index in [9.17, 15) is 9.18 Å². The Balaban J connectivity index is 1.67. The first kappa shape index (κ1) is 20.6. The molecule has 0 unspecified atom stereocenters. The fraction of sp³-hybridized carbons (Fsp3) is 0.296. The van der Waals surface area contributed by atoms with Gasteiger partial charge >= 0.3 is 0 Å². The van der Waals surface area contributed by atoms with Crippen LogP contribution < -0.4 is 14.4 Å². The van der Waals surface area contributed by atoms with Crippen LogP contribution in [-0.4, -0.2) is 18.1 Å². The number of hydrogen-bond acceptors (Lipinski definition) is 3. The highest BCUT2D eigenvalue weighted by Crippen LogP contribution is 2.56. The first-order chi connectivity index (χ1) is 15.3. The van der Waals surface area contributed by atoms with E-state index >= 15 is 0 Å². The molecule has 0 bridgehead atoms. The smallest absolute Gasteiger partial charge is 0.242 e. The lowest BCUT2D eigenvalue weighted by molar-refractivity contribution is -0.124. The minimum Gasteiger partial charge on any atom is -0.494 e. The zero-order chi connectivity index (χ0) is 22.5. The Labute approximate surface area is 187 Å². The minimum atomic E-state index is -0.849. The molecule has 0 aliphatic carbocycles. The Hall–Kier alpha value is -3.34. The largest absolute Gasteiger partial charge is 0.494 e. The molecule has 2 aliphatic heterocycles. The number of para-hydroxylation sites is 1. The number of ether oxygens (including phenoxy) is 2. The molecule has 0 fully saturated rings. The summed E-state index contributed by atoms with van der Waals surface area (Å²) in [5.74, 6) is 1.13. The van der Waals surface area contributed by atoms with Crippen LogP contribution in [0.2, 0.25) is 0 Å². The Morgan fingerprint density at radius 3 is 2.53 bits per heavy atom. The van der Waals surface area contributed by atoms with Gasteiger partial charge < -0.3 is 14.4 Å². The molecule has 1 spiro atoms. The summed E-state index contributed by atoms with van der Waals surface area (Å²) in [5.41, 5.74) is 2.21. The molecule has 3 aromatic rings. The van der Waals surface area contributed by atoms with Crippen molar-refractivity contribution >= 4 is 11.6 Å². The molecule has 2 aliphatic rings. The number of benzene rings is 3. The van der Waals surface area contributed by atoms with Crippen LogP contribution in [0.25, 0.3) is 0 Å². The van der Waals surface area contributed by atoms with Crippen molar-refractivity contribution in [1.29, 1.82) is 0 Å². The van der Waals surface area contributed by atoms with E-state index in [-0.39, 0.29) is 11.7 Å². The predicted octanol–water partition coefficient (Wildman–Crippen LogP) is 5.62. The van der Waals surface area contributed by atoms with Crippen LogP contribution >= 0.6 is 0 Å². The molecule has 1 atom stereocenters. The monoisotopic (exact) mass is 431 g/mol. The van der Waals surface area contributed by atoms with Crippen molar-refractivity contribution < 1.29 is 18.7 Å². The molecule has 5 heteroatoms. The first-order valence-electron chi connectivity index (χ1n) is 11.0. The van der Waals surface area contributed by atoms with Crippen molar-refractivity contribution in [1.82, 2.24) is 0 Å². The van der Waals surface area contributed by atoms with Gasteiger partial charge in [0.15, 0.2) is 0 Å². The zero-order valence-electron chi connectivity index (χ0n) is 18.5. The van der Waals surface area contributed by atoms with Gasteiger partial charge in [0.05, 0.1) is 13.2 Å². The molecular weight excluding hydrogens is 405 g/mol. The molecule has 32 heavy (non-hydrogen) atoms. The molecule has 0 aromatic heterocycles. The van der Waals surface area contributed by atoms with E-state index in [1.807, 2.05) is 68.1 Å². The lowest BCUT2D eigenvalue weighted by Crippen LogP contribution is -2.50. The maximum atomic E-state index is 14.2. The van der Waals surface area contributed by atoms with E-state index in [4.69, 9.17) is 9.47 Å². The van der Waals surface area contributed by atoms with E-state index in [2.05, 4.69) is 0 Å². The number of nitrogens with zero attached hydrogens (tertiary/aromatic N) is 1. The number of fused-ring (bicyclic) bond motifs is 4. The normalized spacial score (nSPS) is 20.6. The average Bonchev–Trinajstić information content (AvgIpc) is 2.98. The van der Waals surface area contributed by atoms with Gasteiger partial charge in [0.2, 0.25) is 5.91 Å². The molecule has 0 radical (unpaired) electrons. The van der Waals surface area contributed by atoms with E-state index in [1.54, 1.807) is 12.1 Å². The molecule has 0 N–H and O–H groups in total. The van der Waals surface area contributed by atoms with E-state index < -0.39 is 11.0 Å². The quantitative estimate of drug-likeness (QED) is 0.538. The standard InChI is InChI=1S/C27H26FNO3/c1-4-31-20-13-14-22-24(15-20)32-26(2,3)17-27(22)21-7-5-6-8-23(21)29(25(27)30)16-18-9-11-19(28)12-10-18/h5-15H,4,16-17H2,1-3H3/t27-/m0/s1. The molecular formula is C27H26FNO3. The van der Waals surface area contributed by atoms with Crippen LogP contribution in [0.3, 0.4) is 0 Å². The van der Waals surface area contributed by atoms with Crippen molar-refractivity contribution in [3.63, 3.8) is 0 Å². The van der Waals surface area contributed by atoms with Gasteiger partial charge in [-0.25, -0.2) is 4.39 Å². The lowest BCUT2D eigenvalue weighted by Gasteiger charge is -2.43. The highest BCUT2D eigenvalue weighted by atomic mass is 19.1. The molecule has 164 valence electrons. The third-order valence-corrected chi connectivity index (χ3v) is 6.32. The molecule has 1 amide bonds. The van der Waals surface area contributed by atoms with Crippen LogP contribution in [-0.2, 0) is 16.8 Å². The maximum absolute atomic E-state index is 14.2. The average molecular weight is 432 g/mol. The summed E-state index contributed by atoms with van der Waals surface area (Å²) in [7, 11) is 0. The van der Waals surface area contributed by atoms with Crippen molar-refractivity contribution in [2.75, 3.05) is 11.5 Å². The Kier molecular flexibility index (Phi) is 4.73. The van der Waals surface area contributed by atoms with Crippen LogP contribution in [0.1, 0.15) is 43.9 Å². The maximum Gasteiger partial charge on any atom is 0.242 e. The molecule has 0 saturated carbocycles. The third kappa shape index (κ3) is 3.15. The first-order valence-corrected chi connectivity index (χ1v) is 11.0.